The Morgan fingerprint density at radius 2 is 1.77 bits per heavy atom. The molecule has 0 saturated heterocycles. The van der Waals surface area contributed by atoms with E-state index in [1.54, 1.807) is 30.3 Å². The van der Waals surface area contributed by atoms with Gasteiger partial charge in [0.1, 0.15) is 0 Å². The van der Waals surface area contributed by atoms with Gasteiger partial charge in [0.2, 0.25) is 5.43 Å². The molecule has 0 amide bonds. The highest BCUT2D eigenvalue weighted by molar-refractivity contribution is 8.00. The van der Waals surface area contributed by atoms with Crippen LogP contribution >= 0.6 is 35.0 Å². The molecule has 0 atom stereocenters. The summed E-state index contributed by atoms with van der Waals surface area (Å²) in [6.07, 6.45) is 2.86. The monoisotopic (exact) mass is 482 g/mol. The van der Waals surface area contributed by atoms with Crippen molar-refractivity contribution in [3.63, 3.8) is 0 Å². The van der Waals surface area contributed by atoms with Crippen molar-refractivity contribution in [2.75, 3.05) is 0 Å². The lowest BCUT2D eigenvalue weighted by Crippen LogP contribution is -2.15. The van der Waals surface area contributed by atoms with E-state index in [0.29, 0.717) is 22.1 Å². The molecule has 2 aromatic carbocycles. The standard InChI is InChI=1S/C20H11Cl2F3N4OS/c21-14-5-2-6-15(18(14)22)29-16(7-9-26-29)19-17(30)8-10-28(27-19)12-3-1-4-13(11-12)31-20(23,24)25/h1-11H. The van der Waals surface area contributed by atoms with Gasteiger partial charge in [-0.1, -0.05) is 35.3 Å². The molecule has 0 fully saturated rings. The molecule has 0 aliphatic carbocycles. The van der Waals surface area contributed by atoms with Crippen LogP contribution in [0.4, 0.5) is 13.2 Å². The summed E-state index contributed by atoms with van der Waals surface area (Å²) in [7, 11) is 0. The molecular weight excluding hydrogens is 472 g/mol. The Labute approximate surface area is 188 Å². The summed E-state index contributed by atoms with van der Waals surface area (Å²) in [5.41, 5.74) is -3.59. The Hall–Kier alpha value is -2.75. The summed E-state index contributed by atoms with van der Waals surface area (Å²) >= 11 is 12.2. The van der Waals surface area contributed by atoms with E-state index >= 15 is 0 Å². The lowest BCUT2D eigenvalue weighted by molar-refractivity contribution is -0.0328. The second-order valence-corrected chi connectivity index (χ2v) is 8.14. The van der Waals surface area contributed by atoms with Gasteiger partial charge in [-0.25, -0.2) is 9.36 Å². The van der Waals surface area contributed by atoms with E-state index in [9.17, 15) is 18.0 Å². The van der Waals surface area contributed by atoms with E-state index < -0.39 is 10.9 Å². The number of thioether (sulfide) groups is 1. The molecule has 2 aromatic heterocycles. The van der Waals surface area contributed by atoms with E-state index in [-0.39, 0.29) is 27.4 Å². The van der Waals surface area contributed by atoms with Gasteiger partial charge in [0.25, 0.3) is 0 Å². The molecule has 0 bridgehead atoms. The predicted octanol–water partition coefficient (Wildman–Crippen LogP) is 6.00. The number of rotatable bonds is 4. The molecule has 0 aliphatic heterocycles. The number of nitrogens with zero attached hydrogens (tertiary/aromatic N) is 4. The second-order valence-electron chi connectivity index (χ2n) is 6.22. The summed E-state index contributed by atoms with van der Waals surface area (Å²) in [5, 5.41) is 9.13. The number of hydrogen-bond donors (Lipinski definition) is 0. The Balaban J connectivity index is 1.80. The fourth-order valence-corrected chi connectivity index (χ4v) is 3.85. The van der Waals surface area contributed by atoms with E-state index in [1.807, 2.05) is 0 Å². The van der Waals surface area contributed by atoms with Crippen LogP contribution in [0.5, 0.6) is 0 Å². The molecule has 158 valence electrons. The largest absolute Gasteiger partial charge is 0.446 e. The van der Waals surface area contributed by atoms with E-state index in [1.165, 1.54) is 46.0 Å². The molecule has 0 aliphatic rings. The first-order valence-corrected chi connectivity index (χ1v) is 10.2. The van der Waals surface area contributed by atoms with Crippen molar-refractivity contribution in [2.24, 2.45) is 0 Å². The minimum Gasteiger partial charge on any atom is -0.287 e. The zero-order chi connectivity index (χ0) is 22.2. The van der Waals surface area contributed by atoms with Crippen molar-refractivity contribution in [3.05, 3.63) is 87.3 Å². The van der Waals surface area contributed by atoms with E-state index in [0.717, 1.165) is 0 Å². The Bertz CT molecular complexity index is 1320. The summed E-state index contributed by atoms with van der Waals surface area (Å²) in [6.45, 7) is 0. The van der Waals surface area contributed by atoms with Crippen LogP contribution in [0.25, 0.3) is 22.8 Å². The third-order valence-corrected chi connectivity index (χ3v) is 5.70. The maximum atomic E-state index is 12.7. The highest BCUT2D eigenvalue weighted by atomic mass is 35.5. The maximum absolute atomic E-state index is 12.7. The number of hydrogen-bond acceptors (Lipinski definition) is 4. The lowest BCUT2D eigenvalue weighted by Gasteiger charge is -2.12. The van der Waals surface area contributed by atoms with Crippen LogP contribution in [0, 0.1) is 0 Å². The second kappa shape index (κ2) is 8.41. The van der Waals surface area contributed by atoms with Crippen molar-refractivity contribution in [3.8, 4) is 22.8 Å². The van der Waals surface area contributed by atoms with Gasteiger partial charge in [0.15, 0.2) is 5.69 Å². The molecule has 2 heterocycles. The summed E-state index contributed by atoms with van der Waals surface area (Å²) in [5.74, 6) is 0. The van der Waals surface area contributed by atoms with Crippen LogP contribution in [0.15, 0.2) is 76.7 Å². The lowest BCUT2D eigenvalue weighted by atomic mass is 10.2. The number of halogens is 5. The first-order valence-electron chi connectivity index (χ1n) is 8.68. The summed E-state index contributed by atoms with van der Waals surface area (Å²) in [4.78, 5) is 12.6. The first kappa shape index (κ1) is 21.5. The van der Waals surface area contributed by atoms with Crippen LogP contribution in [0.3, 0.4) is 0 Å². The van der Waals surface area contributed by atoms with Gasteiger partial charge >= 0.3 is 5.51 Å². The summed E-state index contributed by atoms with van der Waals surface area (Å²) < 4.78 is 40.9. The third-order valence-electron chi connectivity index (χ3n) is 4.17. The van der Waals surface area contributed by atoms with Crippen LogP contribution < -0.4 is 5.43 Å². The number of aromatic nitrogens is 4. The SMILES string of the molecule is O=c1ccn(-c2cccc(SC(F)(F)F)c2)nc1-c1ccnn1-c1cccc(Cl)c1Cl. The quantitative estimate of drug-likeness (QED) is 0.334. The number of alkyl halides is 3. The zero-order valence-electron chi connectivity index (χ0n) is 15.3. The maximum Gasteiger partial charge on any atom is 0.446 e. The molecule has 4 rings (SSSR count). The Morgan fingerprint density at radius 1 is 1.00 bits per heavy atom. The molecule has 4 aromatic rings. The highest BCUT2D eigenvalue weighted by Crippen LogP contribution is 2.37. The molecule has 31 heavy (non-hydrogen) atoms. The fraction of sp³-hybridized carbons (Fsp3) is 0.0500. The van der Waals surface area contributed by atoms with Gasteiger partial charge in [-0.15, -0.1) is 0 Å². The minimum atomic E-state index is -4.41. The van der Waals surface area contributed by atoms with Crippen LogP contribution in [0.1, 0.15) is 0 Å². The summed E-state index contributed by atoms with van der Waals surface area (Å²) in [6, 6.07) is 13.6. The number of benzene rings is 2. The minimum absolute atomic E-state index is 0.00259. The Morgan fingerprint density at radius 3 is 2.55 bits per heavy atom. The van der Waals surface area contributed by atoms with Crippen molar-refractivity contribution < 1.29 is 13.2 Å². The van der Waals surface area contributed by atoms with Gasteiger partial charge in [0.05, 0.1) is 33.3 Å². The van der Waals surface area contributed by atoms with Crippen molar-refractivity contribution in [2.45, 2.75) is 10.4 Å². The van der Waals surface area contributed by atoms with Crippen LogP contribution in [0.2, 0.25) is 10.0 Å². The van der Waals surface area contributed by atoms with Gasteiger partial charge in [-0.05, 0) is 48.2 Å². The third kappa shape index (κ3) is 4.63. The van der Waals surface area contributed by atoms with Gasteiger partial charge in [-0.3, -0.25) is 4.79 Å². The molecule has 0 spiro atoms. The van der Waals surface area contributed by atoms with Crippen molar-refractivity contribution in [1.29, 1.82) is 0 Å². The molecule has 0 saturated carbocycles. The van der Waals surface area contributed by atoms with Crippen molar-refractivity contribution >= 4 is 35.0 Å². The predicted molar refractivity (Wildman–Crippen MR) is 114 cm³/mol. The Kier molecular flexibility index (Phi) is 5.83. The van der Waals surface area contributed by atoms with E-state index in [2.05, 4.69) is 10.2 Å². The van der Waals surface area contributed by atoms with E-state index in [4.69, 9.17) is 23.2 Å². The highest BCUT2D eigenvalue weighted by Gasteiger charge is 2.29. The molecule has 0 radical (unpaired) electrons. The smallest absolute Gasteiger partial charge is 0.287 e. The molecule has 11 heteroatoms. The molecule has 0 unspecified atom stereocenters. The average molecular weight is 483 g/mol. The molecule has 5 nitrogen and oxygen atoms in total. The first-order chi connectivity index (χ1) is 14.7. The fourth-order valence-electron chi connectivity index (χ4n) is 2.88. The van der Waals surface area contributed by atoms with Gasteiger partial charge in [-0.2, -0.15) is 23.4 Å². The van der Waals surface area contributed by atoms with Crippen LogP contribution in [-0.4, -0.2) is 25.1 Å². The normalized spacial score (nSPS) is 11.6. The van der Waals surface area contributed by atoms with Crippen molar-refractivity contribution in [1.82, 2.24) is 19.6 Å². The topological polar surface area (TPSA) is 52.7 Å². The molecular formula is C20H11Cl2F3N4OS. The zero-order valence-corrected chi connectivity index (χ0v) is 17.7. The van der Waals surface area contributed by atoms with Crippen LogP contribution in [-0.2, 0) is 0 Å². The van der Waals surface area contributed by atoms with Gasteiger partial charge in [0, 0.05) is 17.2 Å². The molecule has 0 N–H and O–H groups in total. The average Bonchev–Trinajstić information content (AvgIpc) is 3.18. The van der Waals surface area contributed by atoms with Gasteiger partial charge < -0.3 is 0 Å².